The number of carbonyl (C=O) groups excluding carboxylic acids is 1. The molecule has 3 heterocycles. The van der Waals surface area contributed by atoms with Gasteiger partial charge >= 0.3 is 0 Å². The quantitative estimate of drug-likeness (QED) is 0.0648. The van der Waals surface area contributed by atoms with Crippen LogP contribution in [0.15, 0.2) is 0 Å². The van der Waals surface area contributed by atoms with E-state index >= 15 is 0 Å². The van der Waals surface area contributed by atoms with Gasteiger partial charge in [-0.3, -0.25) is 4.79 Å². The first-order chi connectivity index (χ1) is 25.9. The molecule has 4 fully saturated rings. The molecule has 4 rings (SSSR count). The lowest BCUT2D eigenvalue weighted by atomic mass is 9.83. The molecule has 1 unspecified atom stereocenters. The molecule has 0 aromatic carbocycles. The van der Waals surface area contributed by atoms with E-state index in [4.69, 9.17) is 62.2 Å². The number of nitrogens with one attached hydrogen (secondary N) is 2. The number of nitrogens with two attached hydrogens (primary N) is 5. The van der Waals surface area contributed by atoms with E-state index < -0.39 is 154 Å². The van der Waals surface area contributed by atoms with Gasteiger partial charge in [-0.1, -0.05) is 0 Å². The molecule has 1 saturated carbocycles. The van der Waals surface area contributed by atoms with E-state index in [9.17, 15) is 54.4 Å². The van der Waals surface area contributed by atoms with E-state index in [2.05, 4.69) is 10.6 Å². The highest BCUT2D eigenvalue weighted by Gasteiger charge is 2.55. The van der Waals surface area contributed by atoms with Crippen molar-refractivity contribution in [2.24, 2.45) is 28.7 Å². The van der Waals surface area contributed by atoms with Crippen molar-refractivity contribution in [2.45, 2.75) is 141 Å². The number of halogens is 2. The first kappa shape index (κ1) is 46.2. The zero-order valence-electron chi connectivity index (χ0n) is 29.7. The average molecular weight is 810 g/mol. The van der Waals surface area contributed by atoms with Gasteiger partial charge in [0.1, 0.15) is 54.9 Å². The number of rotatable bonds is 17. The van der Waals surface area contributed by atoms with Crippen LogP contribution in [-0.4, -0.2) is 220 Å². The Labute approximate surface area is 313 Å². The summed E-state index contributed by atoms with van der Waals surface area (Å²) in [6.07, 6.45) is -25.0. The van der Waals surface area contributed by atoms with Gasteiger partial charge in [-0.25, -0.2) is 8.78 Å². The molecule has 20 atom stereocenters. The largest absolute Gasteiger partial charge is 0.394 e. The van der Waals surface area contributed by atoms with Crippen molar-refractivity contribution >= 4 is 5.91 Å². The molecule has 1 amide bonds. The van der Waals surface area contributed by atoms with E-state index in [0.717, 1.165) is 0 Å². The second kappa shape index (κ2) is 20.0. The third kappa shape index (κ3) is 10.8. The standard InChI is InChI=1S/C30H57F2N7O16/c31-30(32,8-34)25(48)26(49)39-12-1-10(35)22(53-27-11(36)2-13(43)15(51-27)5-38-4-9(42)6-40)24(18(12)44)55-29-21(47)23(16(7-41)52-29)54-28-17(37)20(46)19(45)14(3-33)50-28/h9-25,27-29,38,40-48H,1-8,33-37H2,(H,39,49)/t9?,10-,11+,12+,13-,14-,15+,16+,17+,18-,19+,20+,21+,22+,23+,24+,25+,27+,28+,29-/m0/s1. The highest BCUT2D eigenvalue weighted by Crippen LogP contribution is 2.35. The fraction of sp³-hybridized carbons (Fsp3) is 0.967. The average Bonchev–Trinajstić information content (AvgIpc) is 3.45. The molecule has 25 heteroatoms. The lowest BCUT2D eigenvalue weighted by Crippen LogP contribution is -2.68. The smallest absolute Gasteiger partial charge is 0.294 e. The molecule has 55 heavy (non-hydrogen) atoms. The maximum absolute atomic E-state index is 14.1. The van der Waals surface area contributed by atoms with Crippen LogP contribution in [0.5, 0.6) is 0 Å². The van der Waals surface area contributed by atoms with Gasteiger partial charge in [-0.05, 0) is 12.8 Å². The Hall–Kier alpha value is -1.51. The summed E-state index contributed by atoms with van der Waals surface area (Å²) in [7, 11) is 0. The lowest BCUT2D eigenvalue weighted by Gasteiger charge is -2.47. The zero-order chi connectivity index (χ0) is 40.9. The van der Waals surface area contributed by atoms with Gasteiger partial charge in [-0.15, -0.1) is 0 Å². The van der Waals surface area contributed by atoms with Crippen LogP contribution < -0.4 is 39.3 Å². The third-order valence-electron chi connectivity index (χ3n) is 10.1. The Kier molecular flexibility index (Phi) is 16.8. The van der Waals surface area contributed by atoms with Gasteiger partial charge in [0.05, 0.1) is 56.2 Å². The minimum Gasteiger partial charge on any atom is -0.394 e. The summed E-state index contributed by atoms with van der Waals surface area (Å²) < 4.78 is 63.3. The Morgan fingerprint density at radius 3 is 2.02 bits per heavy atom. The number of aliphatic hydroxyl groups excluding tert-OH is 9. The molecule has 0 aromatic rings. The van der Waals surface area contributed by atoms with Crippen molar-refractivity contribution in [3.63, 3.8) is 0 Å². The van der Waals surface area contributed by atoms with Crippen LogP contribution in [0.2, 0.25) is 0 Å². The van der Waals surface area contributed by atoms with Crippen LogP contribution in [0.4, 0.5) is 8.78 Å². The molecule has 21 N–H and O–H groups in total. The number of hydrogen-bond donors (Lipinski definition) is 16. The Morgan fingerprint density at radius 2 is 1.40 bits per heavy atom. The first-order valence-electron chi connectivity index (χ1n) is 17.9. The van der Waals surface area contributed by atoms with Gasteiger partial charge in [0, 0.05) is 25.7 Å². The van der Waals surface area contributed by atoms with Crippen LogP contribution in [0.25, 0.3) is 0 Å². The van der Waals surface area contributed by atoms with Crippen molar-refractivity contribution in [1.82, 2.24) is 10.6 Å². The van der Waals surface area contributed by atoms with Crippen LogP contribution in [0, 0.1) is 0 Å². The van der Waals surface area contributed by atoms with E-state index in [-0.39, 0.29) is 32.5 Å². The summed E-state index contributed by atoms with van der Waals surface area (Å²) in [5.41, 5.74) is 29.3. The minimum atomic E-state index is -4.03. The van der Waals surface area contributed by atoms with Gasteiger partial charge in [0.25, 0.3) is 11.8 Å². The van der Waals surface area contributed by atoms with Gasteiger partial charge in [-0.2, -0.15) is 0 Å². The topological polar surface area (TPSA) is 409 Å². The number of ether oxygens (including phenoxy) is 6. The van der Waals surface area contributed by atoms with Crippen molar-refractivity contribution in [3.8, 4) is 0 Å². The molecule has 4 aliphatic rings. The van der Waals surface area contributed by atoms with Crippen LogP contribution >= 0.6 is 0 Å². The number of amides is 1. The molecule has 0 spiro atoms. The molecule has 1 aliphatic carbocycles. The minimum absolute atomic E-state index is 0.0314. The number of hydrogen-bond acceptors (Lipinski definition) is 22. The summed E-state index contributed by atoms with van der Waals surface area (Å²) in [4.78, 5) is 12.7. The molecule has 0 radical (unpaired) electrons. The lowest BCUT2D eigenvalue weighted by molar-refractivity contribution is -0.297. The second-order valence-electron chi connectivity index (χ2n) is 14.2. The molecule has 23 nitrogen and oxygen atoms in total. The van der Waals surface area contributed by atoms with E-state index in [0.29, 0.717) is 0 Å². The Balaban J connectivity index is 1.57. The Morgan fingerprint density at radius 1 is 0.782 bits per heavy atom. The van der Waals surface area contributed by atoms with E-state index in [1.165, 1.54) is 0 Å². The molecule has 0 aromatic heterocycles. The maximum atomic E-state index is 14.1. The number of aliphatic hydroxyl groups is 9. The fourth-order valence-electron chi connectivity index (χ4n) is 6.83. The zero-order valence-corrected chi connectivity index (χ0v) is 29.7. The summed E-state index contributed by atoms with van der Waals surface area (Å²) in [5, 5.41) is 97.9. The third-order valence-corrected chi connectivity index (χ3v) is 10.1. The van der Waals surface area contributed by atoms with Crippen molar-refractivity contribution in [1.29, 1.82) is 0 Å². The van der Waals surface area contributed by atoms with Gasteiger partial charge in [0.2, 0.25) is 0 Å². The maximum Gasteiger partial charge on any atom is 0.294 e. The summed E-state index contributed by atoms with van der Waals surface area (Å²) >= 11 is 0. The van der Waals surface area contributed by atoms with Crippen LogP contribution in [0.3, 0.4) is 0 Å². The van der Waals surface area contributed by atoms with Crippen LogP contribution in [0.1, 0.15) is 12.8 Å². The highest BCUT2D eigenvalue weighted by molar-refractivity contribution is 5.82. The number of carbonyl (C=O) groups is 1. The molecule has 3 aliphatic heterocycles. The predicted molar refractivity (Wildman–Crippen MR) is 178 cm³/mol. The van der Waals surface area contributed by atoms with Gasteiger partial charge < -0.3 is 114 Å². The molecule has 322 valence electrons. The SMILES string of the molecule is NC[C@@H]1O[C@H](O[C@H]2[C@@H](O)[C@H](O[C@@H]3[C@@H](O)[C@H](NC(=O)[C@@H](O)C(F)(F)CN)C[C@H](N)[C@H]3O[C@H]3O[C@H](CNCC(O)CO)[C@@H](O)C[C@H]3N)O[C@@H]2CO)[C@H](N)[C@@H](O)[C@@H]1O. The molecule has 0 bridgehead atoms. The van der Waals surface area contributed by atoms with Crippen molar-refractivity contribution in [2.75, 3.05) is 39.4 Å². The second-order valence-corrected chi connectivity index (χ2v) is 14.2. The Bertz CT molecular complexity index is 1210. The van der Waals surface area contributed by atoms with Crippen molar-refractivity contribution < 1.29 is 88.0 Å². The van der Waals surface area contributed by atoms with Crippen molar-refractivity contribution in [3.05, 3.63) is 0 Å². The van der Waals surface area contributed by atoms with E-state index in [1.54, 1.807) is 0 Å². The normalized spacial score (nSPS) is 43.9. The molecule has 3 saturated heterocycles. The highest BCUT2D eigenvalue weighted by atomic mass is 19.3. The molecular weight excluding hydrogens is 752 g/mol. The summed E-state index contributed by atoms with van der Waals surface area (Å²) in [6, 6.07) is -5.06. The number of alkyl halides is 2. The predicted octanol–water partition coefficient (Wildman–Crippen LogP) is -9.77. The first-order valence-corrected chi connectivity index (χ1v) is 17.9. The molecular formula is C30H57F2N7O16. The van der Waals surface area contributed by atoms with Crippen LogP contribution in [-0.2, 0) is 33.2 Å². The summed E-state index contributed by atoms with van der Waals surface area (Å²) in [5.74, 6) is -5.64. The van der Waals surface area contributed by atoms with E-state index in [1.807, 2.05) is 0 Å². The fourth-order valence-corrected chi connectivity index (χ4v) is 6.83. The monoisotopic (exact) mass is 809 g/mol. The van der Waals surface area contributed by atoms with Gasteiger partial charge in [0.15, 0.2) is 25.0 Å². The summed E-state index contributed by atoms with van der Waals surface area (Å²) in [6.45, 7) is -3.01.